The summed E-state index contributed by atoms with van der Waals surface area (Å²) in [6.07, 6.45) is 2.57. The second-order valence-electron chi connectivity index (χ2n) is 5.16. The van der Waals surface area contributed by atoms with Gasteiger partial charge in [0.05, 0.1) is 7.11 Å². The molecular formula is C15H23NO. The minimum Gasteiger partial charge on any atom is -0.496 e. The molecule has 0 amide bonds. The lowest BCUT2D eigenvalue weighted by molar-refractivity contribution is 0.402. The summed E-state index contributed by atoms with van der Waals surface area (Å²) in [4.78, 5) is 0. The van der Waals surface area contributed by atoms with E-state index < -0.39 is 0 Å². The van der Waals surface area contributed by atoms with Crippen molar-refractivity contribution in [3.8, 4) is 5.75 Å². The Bertz CT molecular complexity index is 367. The van der Waals surface area contributed by atoms with Gasteiger partial charge in [-0.25, -0.2) is 0 Å². The highest BCUT2D eigenvalue weighted by Gasteiger charge is 2.21. The fourth-order valence-corrected chi connectivity index (χ4v) is 2.83. The molecule has 0 aromatic heterocycles. The molecule has 1 N–H and O–H groups in total. The second kappa shape index (κ2) is 5.54. The Morgan fingerprint density at radius 3 is 2.76 bits per heavy atom. The molecule has 1 fully saturated rings. The van der Waals surface area contributed by atoms with Gasteiger partial charge in [-0.15, -0.1) is 0 Å². The third-order valence-corrected chi connectivity index (χ3v) is 3.63. The largest absolute Gasteiger partial charge is 0.496 e. The summed E-state index contributed by atoms with van der Waals surface area (Å²) in [6, 6.07) is 6.47. The van der Waals surface area contributed by atoms with Gasteiger partial charge >= 0.3 is 0 Å². The lowest BCUT2D eigenvalue weighted by Crippen LogP contribution is -2.29. The van der Waals surface area contributed by atoms with Crippen LogP contribution in [-0.4, -0.2) is 20.2 Å². The number of nitrogens with one attached hydrogen (secondary N) is 1. The van der Waals surface area contributed by atoms with Gasteiger partial charge in [0.15, 0.2) is 0 Å². The van der Waals surface area contributed by atoms with Gasteiger partial charge in [0.2, 0.25) is 0 Å². The SMILES string of the molecule is COc1cccc(C2CCCNC2)c1C(C)C. The van der Waals surface area contributed by atoms with E-state index in [1.165, 1.54) is 24.0 Å². The molecule has 0 bridgehead atoms. The monoisotopic (exact) mass is 233 g/mol. The van der Waals surface area contributed by atoms with Crippen LogP contribution in [0.3, 0.4) is 0 Å². The Morgan fingerprint density at radius 2 is 2.18 bits per heavy atom. The quantitative estimate of drug-likeness (QED) is 0.865. The van der Waals surface area contributed by atoms with Crippen molar-refractivity contribution in [2.24, 2.45) is 0 Å². The van der Waals surface area contributed by atoms with Crippen molar-refractivity contribution in [2.75, 3.05) is 20.2 Å². The highest BCUT2D eigenvalue weighted by Crippen LogP contribution is 2.36. The summed E-state index contributed by atoms with van der Waals surface area (Å²) < 4.78 is 5.52. The van der Waals surface area contributed by atoms with Gasteiger partial charge in [-0.2, -0.15) is 0 Å². The first-order valence-electron chi connectivity index (χ1n) is 6.61. The average Bonchev–Trinajstić information content (AvgIpc) is 2.38. The van der Waals surface area contributed by atoms with Crippen LogP contribution >= 0.6 is 0 Å². The molecule has 1 aromatic rings. The van der Waals surface area contributed by atoms with Crippen LogP contribution in [0.25, 0.3) is 0 Å². The molecule has 1 aromatic carbocycles. The third-order valence-electron chi connectivity index (χ3n) is 3.63. The van der Waals surface area contributed by atoms with Crippen LogP contribution in [0.5, 0.6) is 5.75 Å². The van der Waals surface area contributed by atoms with Crippen LogP contribution < -0.4 is 10.1 Å². The van der Waals surface area contributed by atoms with Gasteiger partial charge in [-0.05, 0) is 42.9 Å². The molecule has 0 saturated carbocycles. The van der Waals surface area contributed by atoms with E-state index in [0.717, 1.165) is 18.8 Å². The molecule has 1 atom stereocenters. The van der Waals surface area contributed by atoms with E-state index in [4.69, 9.17) is 4.74 Å². The standard InChI is InChI=1S/C15H23NO/c1-11(2)15-13(7-4-8-14(15)17-3)12-6-5-9-16-10-12/h4,7-8,11-12,16H,5-6,9-10H2,1-3H3. The highest BCUT2D eigenvalue weighted by molar-refractivity contribution is 5.44. The first kappa shape index (κ1) is 12.4. The molecule has 2 rings (SSSR count). The second-order valence-corrected chi connectivity index (χ2v) is 5.16. The zero-order valence-corrected chi connectivity index (χ0v) is 11.1. The number of rotatable bonds is 3. The molecule has 1 aliphatic heterocycles. The van der Waals surface area contributed by atoms with E-state index in [-0.39, 0.29) is 0 Å². The molecule has 0 aliphatic carbocycles. The molecular weight excluding hydrogens is 210 g/mol. The fourth-order valence-electron chi connectivity index (χ4n) is 2.83. The summed E-state index contributed by atoms with van der Waals surface area (Å²) in [7, 11) is 1.77. The molecule has 1 aliphatic rings. The van der Waals surface area contributed by atoms with E-state index in [0.29, 0.717) is 11.8 Å². The molecule has 17 heavy (non-hydrogen) atoms. The maximum absolute atomic E-state index is 5.52. The van der Waals surface area contributed by atoms with Gasteiger partial charge in [-0.3, -0.25) is 0 Å². The fraction of sp³-hybridized carbons (Fsp3) is 0.600. The average molecular weight is 233 g/mol. The van der Waals surface area contributed by atoms with E-state index in [9.17, 15) is 0 Å². The van der Waals surface area contributed by atoms with Crippen molar-refractivity contribution in [3.05, 3.63) is 29.3 Å². The summed E-state index contributed by atoms with van der Waals surface area (Å²) in [6.45, 7) is 6.76. The van der Waals surface area contributed by atoms with Crippen molar-refractivity contribution in [3.63, 3.8) is 0 Å². The Kier molecular flexibility index (Phi) is 4.06. The van der Waals surface area contributed by atoms with Crippen LogP contribution in [0.1, 0.15) is 49.7 Å². The van der Waals surface area contributed by atoms with Crippen LogP contribution in [0, 0.1) is 0 Å². The number of ether oxygens (including phenoxy) is 1. The summed E-state index contributed by atoms with van der Waals surface area (Å²) >= 11 is 0. The van der Waals surface area contributed by atoms with Crippen LogP contribution in [0.4, 0.5) is 0 Å². The Balaban J connectivity index is 2.37. The first-order valence-corrected chi connectivity index (χ1v) is 6.61. The molecule has 0 radical (unpaired) electrons. The van der Waals surface area contributed by atoms with Crippen molar-refractivity contribution < 1.29 is 4.74 Å². The van der Waals surface area contributed by atoms with Crippen molar-refractivity contribution in [1.82, 2.24) is 5.32 Å². The number of piperidine rings is 1. The van der Waals surface area contributed by atoms with E-state index >= 15 is 0 Å². The molecule has 94 valence electrons. The third kappa shape index (κ3) is 2.63. The predicted molar refractivity (Wildman–Crippen MR) is 71.9 cm³/mol. The maximum Gasteiger partial charge on any atom is 0.122 e. The van der Waals surface area contributed by atoms with Crippen molar-refractivity contribution in [2.45, 2.75) is 38.5 Å². The lowest BCUT2D eigenvalue weighted by atomic mass is 9.84. The molecule has 1 unspecified atom stereocenters. The minimum atomic E-state index is 0.517. The molecule has 1 saturated heterocycles. The van der Waals surface area contributed by atoms with Gasteiger partial charge < -0.3 is 10.1 Å². The van der Waals surface area contributed by atoms with Crippen LogP contribution in [-0.2, 0) is 0 Å². The van der Waals surface area contributed by atoms with Gasteiger partial charge in [0.1, 0.15) is 5.75 Å². The van der Waals surface area contributed by atoms with Crippen molar-refractivity contribution >= 4 is 0 Å². The molecule has 0 spiro atoms. The summed E-state index contributed by atoms with van der Waals surface area (Å²) in [5.74, 6) is 2.21. The smallest absolute Gasteiger partial charge is 0.122 e. The number of hydrogen-bond donors (Lipinski definition) is 1. The van der Waals surface area contributed by atoms with Crippen LogP contribution in [0.2, 0.25) is 0 Å². The molecule has 2 nitrogen and oxygen atoms in total. The van der Waals surface area contributed by atoms with Crippen molar-refractivity contribution in [1.29, 1.82) is 0 Å². The number of hydrogen-bond acceptors (Lipinski definition) is 2. The first-order chi connectivity index (χ1) is 8.24. The minimum absolute atomic E-state index is 0.517. The number of methoxy groups -OCH3 is 1. The maximum atomic E-state index is 5.52. The predicted octanol–water partition coefficient (Wildman–Crippen LogP) is 3.29. The zero-order chi connectivity index (χ0) is 12.3. The Hall–Kier alpha value is -1.02. The highest BCUT2D eigenvalue weighted by atomic mass is 16.5. The van der Waals surface area contributed by atoms with Gasteiger partial charge in [0.25, 0.3) is 0 Å². The van der Waals surface area contributed by atoms with E-state index in [2.05, 4.69) is 37.4 Å². The Labute approximate surface area is 104 Å². The zero-order valence-electron chi connectivity index (χ0n) is 11.1. The Morgan fingerprint density at radius 1 is 1.35 bits per heavy atom. The molecule has 2 heteroatoms. The molecule has 1 heterocycles. The van der Waals surface area contributed by atoms with E-state index in [1.807, 2.05) is 0 Å². The summed E-state index contributed by atoms with van der Waals surface area (Å²) in [5, 5.41) is 3.50. The van der Waals surface area contributed by atoms with Crippen LogP contribution in [0.15, 0.2) is 18.2 Å². The van der Waals surface area contributed by atoms with Gasteiger partial charge in [-0.1, -0.05) is 26.0 Å². The normalized spacial score (nSPS) is 20.6. The number of benzene rings is 1. The van der Waals surface area contributed by atoms with E-state index in [1.54, 1.807) is 7.11 Å². The van der Waals surface area contributed by atoms with Gasteiger partial charge in [0, 0.05) is 12.1 Å². The lowest BCUT2D eigenvalue weighted by Gasteiger charge is -2.27. The summed E-state index contributed by atoms with van der Waals surface area (Å²) in [5.41, 5.74) is 2.87. The topological polar surface area (TPSA) is 21.3 Å².